The number of hydrogen-bond acceptors (Lipinski definition) is 8. The molecule has 2 heterocycles. The summed E-state index contributed by atoms with van der Waals surface area (Å²) >= 11 is 0. The van der Waals surface area contributed by atoms with E-state index in [1.165, 1.54) is 13.8 Å². The molecule has 0 bridgehead atoms. The lowest BCUT2D eigenvalue weighted by molar-refractivity contribution is -0.267. The van der Waals surface area contributed by atoms with Crippen molar-refractivity contribution in [2.45, 2.75) is 111 Å². The molecule has 6 unspecified atom stereocenters. The molecule has 8 heteroatoms. The molecule has 4 saturated carbocycles. The van der Waals surface area contributed by atoms with Crippen molar-refractivity contribution in [1.82, 2.24) is 0 Å². The smallest absolute Gasteiger partial charge is 0.303 e. The van der Waals surface area contributed by atoms with Crippen molar-refractivity contribution < 1.29 is 38.4 Å². The third-order valence-corrected chi connectivity index (χ3v) is 15.6. The van der Waals surface area contributed by atoms with Gasteiger partial charge in [0.25, 0.3) is 5.79 Å². The first-order valence-electron chi connectivity index (χ1n) is 18.3. The molecule has 2 spiro atoms. The highest BCUT2D eigenvalue weighted by Crippen LogP contribution is 2.87. The number of carbonyl (C=O) groups excluding carboxylic acids is 3. The average molecular weight is 661 g/mol. The molecule has 1 aromatic rings. The number of ether oxygens (including phenoxy) is 4. The van der Waals surface area contributed by atoms with Crippen LogP contribution in [0.3, 0.4) is 0 Å². The van der Waals surface area contributed by atoms with Gasteiger partial charge in [0.1, 0.15) is 17.6 Å². The van der Waals surface area contributed by atoms with Gasteiger partial charge in [0, 0.05) is 43.6 Å². The van der Waals surface area contributed by atoms with Gasteiger partial charge in [-0.15, -0.1) is 0 Å². The molecule has 5 aliphatic carbocycles. The Hall–Kier alpha value is -2.87. The van der Waals surface area contributed by atoms with Crippen molar-refractivity contribution in [1.29, 1.82) is 0 Å². The van der Waals surface area contributed by atoms with Crippen LogP contribution in [-0.2, 0) is 35.0 Å². The summed E-state index contributed by atoms with van der Waals surface area (Å²) in [5.74, 6) is -0.446. The summed E-state index contributed by atoms with van der Waals surface area (Å²) in [6, 6.07) is 5.21. The standard InChI is InChI=1S/C40H52O8/c1-21-19-45-40(29(21)16-26-8-9-27(43)17-31(26)48-40)35(47-25(5)42)23(3)34-32(46-24(4)41)18-37(7)33-11-10-28-22(2)30(44)12-13-38(28)20-39(33,38)15-14-36(34,37)6/h8-9,12-13,17,21-23,28-29,32-35,43H,10-11,14-16,18-20H2,1-7H3/t21?,22-,23?,28-,29?,32-,33-,34-,35+,36+,37-,38?,39?,40?/m0/s1. The molecule has 8 rings (SSSR count). The normalized spacial score (nSPS) is 47.6. The number of hydrogen-bond donors (Lipinski definition) is 1. The van der Waals surface area contributed by atoms with Crippen molar-refractivity contribution in [3.63, 3.8) is 0 Å². The van der Waals surface area contributed by atoms with E-state index in [2.05, 4.69) is 40.7 Å². The second-order valence-electron chi connectivity index (χ2n) is 17.5. The molecule has 0 radical (unpaired) electrons. The van der Waals surface area contributed by atoms with E-state index >= 15 is 0 Å². The summed E-state index contributed by atoms with van der Waals surface area (Å²) < 4.78 is 26.2. The molecule has 8 nitrogen and oxygen atoms in total. The minimum absolute atomic E-state index is 0.0645. The number of carbonyl (C=O) groups is 3. The number of esters is 2. The quantitative estimate of drug-likeness (QED) is 0.344. The fourth-order valence-electron chi connectivity index (χ4n) is 13.5. The third-order valence-electron chi connectivity index (χ3n) is 15.6. The average Bonchev–Trinajstić information content (AvgIpc) is 3.50. The Labute approximate surface area is 284 Å². The summed E-state index contributed by atoms with van der Waals surface area (Å²) in [6.45, 7) is 14.7. The maximum atomic E-state index is 13.0. The van der Waals surface area contributed by atoms with Crippen LogP contribution in [0.2, 0.25) is 0 Å². The van der Waals surface area contributed by atoms with Crippen molar-refractivity contribution in [2.24, 2.45) is 63.1 Å². The van der Waals surface area contributed by atoms with E-state index in [1.54, 1.807) is 12.1 Å². The van der Waals surface area contributed by atoms with Crippen molar-refractivity contribution in [3.05, 3.63) is 35.9 Å². The van der Waals surface area contributed by atoms with Crippen LogP contribution in [-0.4, -0.2) is 47.4 Å². The van der Waals surface area contributed by atoms with Gasteiger partial charge >= 0.3 is 11.9 Å². The van der Waals surface area contributed by atoms with Crippen molar-refractivity contribution in [3.8, 4) is 11.5 Å². The highest BCUT2D eigenvalue weighted by Gasteiger charge is 2.82. The molecular formula is C40H52O8. The molecule has 260 valence electrons. The molecule has 1 aromatic carbocycles. The Morgan fingerprint density at radius 1 is 1.04 bits per heavy atom. The van der Waals surface area contributed by atoms with Crippen LogP contribution in [0.4, 0.5) is 0 Å². The lowest BCUT2D eigenvalue weighted by Crippen LogP contribution is -2.62. The molecule has 0 amide bonds. The van der Waals surface area contributed by atoms with E-state index in [9.17, 15) is 19.5 Å². The number of fused-ring (bicyclic) bond motifs is 4. The zero-order valence-electron chi connectivity index (χ0n) is 29.5. The second kappa shape index (κ2) is 10.3. The number of ketones is 1. The Kier molecular flexibility index (Phi) is 6.96. The van der Waals surface area contributed by atoms with Gasteiger partial charge in [0.05, 0.1) is 6.61 Å². The van der Waals surface area contributed by atoms with E-state index in [1.807, 2.05) is 12.1 Å². The van der Waals surface area contributed by atoms with E-state index < -0.39 is 17.9 Å². The van der Waals surface area contributed by atoms with Crippen LogP contribution < -0.4 is 4.74 Å². The molecule has 2 aliphatic heterocycles. The molecule has 14 atom stereocenters. The lowest BCUT2D eigenvalue weighted by Gasteiger charge is -2.61. The summed E-state index contributed by atoms with van der Waals surface area (Å²) in [4.78, 5) is 38.6. The van der Waals surface area contributed by atoms with Gasteiger partial charge in [0.15, 0.2) is 11.9 Å². The Morgan fingerprint density at radius 2 is 1.81 bits per heavy atom. The van der Waals surface area contributed by atoms with Gasteiger partial charge in [0.2, 0.25) is 0 Å². The fourth-order valence-corrected chi connectivity index (χ4v) is 13.5. The number of rotatable bonds is 5. The SMILES string of the molecule is CC(=O)O[C@H]1C[C@@]2(C)[C@@H]3CC[C@H]4[C@H](C)C(=O)C=CC45CC35CC[C@]2(C)[C@H]1C(C)[C@@H](OC(C)=O)C12OCC(C)C1Cc1ccc(O)cc1O2. The highest BCUT2D eigenvalue weighted by atomic mass is 16.7. The number of phenols is 1. The molecule has 1 N–H and O–H groups in total. The Morgan fingerprint density at radius 3 is 2.54 bits per heavy atom. The Bertz CT molecular complexity index is 1600. The van der Waals surface area contributed by atoms with Crippen LogP contribution in [0.1, 0.15) is 92.6 Å². The number of benzene rings is 1. The van der Waals surface area contributed by atoms with Crippen LogP contribution in [0.5, 0.6) is 11.5 Å². The minimum Gasteiger partial charge on any atom is -0.508 e. The van der Waals surface area contributed by atoms with Crippen molar-refractivity contribution in [2.75, 3.05) is 6.61 Å². The van der Waals surface area contributed by atoms with Crippen LogP contribution in [0.15, 0.2) is 30.4 Å². The van der Waals surface area contributed by atoms with Crippen molar-refractivity contribution >= 4 is 17.7 Å². The molecule has 5 fully saturated rings. The molecule has 48 heavy (non-hydrogen) atoms. The predicted molar refractivity (Wildman–Crippen MR) is 177 cm³/mol. The maximum Gasteiger partial charge on any atom is 0.303 e. The zero-order chi connectivity index (χ0) is 34.2. The van der Waals surface area contributed by atoms with Gasteiger partial charge in [-0.1, -0.05) is 46.8 Å². The van der Waals surface area contributed by atoms with Crippen LogP contribution in [0, 0.1) is 63.1 Å². The number of phenolic OH excluding ortho intramolecular Hbond substituents is 1. The topological polar surface area (TPSA) is 108 Å². The largest absolute Gasteiger partial charge is 0.508 e. The van der Waals surface area contributed by atoms with Crippen LogP contribution in [0.25, 0.3) is 0 Å². The first kappa shape index (κ1) is 32.3. The van der Waals surface area contributed by atoms with Gasteiger partial charge in [-0.3, -0.25) is 14.4 Å². The summed E-state index contributed by atoms with van der Waals surface area (Å²) in [5.41, 5.74) is 0.889. The molecular weight excluding hydrogens is 608 g/mol. The molecule has 1 saturated heterocycles. The van der Waals surface area contributed by atoms with Crippen LogP contribution >= 0.6 is 0 Å². The summed E-state index contributed by atoms with van der Waals surface area (Å²) in [7, 11) is 0. The van der Waals surface area contributed by atoms with Gasteiger partial charge < -0.3 is 24.1 Å². The van der Waals surface area contributed by atoms with E-state index in [0.717, 1.165) is 44.1 Å². The lowest BCUT2D eigenvalue weighted by atomic mass is 9.43. The second-order valence-corrected chi connectivity index (χ2v) is 17.5. The maximum absolute atomic E-state index is 13.0. The summed E-state index contributed by atoms with van der Waals surface area (Å²) in [6.07, 6.45) is 9.76. The highest BCUT2D eigenvalue weighted by molar-refractivity contribution is 5.93. The first-order valence-corrected chi connectivity index (χ1v) is 18.3. The summed E-state index contributed by atoms with van der Waals surface area (Å²) in [5, 5.41) is 10.4. The van der Waals surface area contributed by atoms with E-state index in [-0.39, 0.29) is 74.9 Å². The minimum atomic E-state index is -1.24. The fraction of sp³-hybridized carbons (Fsp3) is 0.725. The Balaban J connectivity index is 1.20. The van der Waals surface area contributed by atoms with E-state index in [4.69, 9.17) is 18.9 Å². The van der Waals surface area contributed by atoms with Gasteiger partial charge in [-0.05, 0) is 102 Å². The van der Waals surface area contributed by atoms with Gasteiger partial charge in [-0.2, -0.15) is 0 Å². The number of allylic oxidation sites excluding steroid dienone is 2. The number of aromatic hydroxyl groups is 1. The monoisotopic (exact) mass is 660 g/mol. The molecule has 0 aromatic heterocycles. The predicted octanol–water partition coefficient (Wildman–Crippen LogP) is 6.81. The molecule has 7 aliphatic rings. The van der Waals surface area contributed by atoms with Gasteiger partial charge in [-0.25, -0.2) is 0 Å². The zero-order valence-corrected chi connectivity index (χ0v) is 29.5. The van der Waals surface area contributed by atoms with E-state index in [0.29, 0.717) is 30.6 Å². The third kappa shape index (κ3) is 4.01. The first-order chi connectivity index (χ1) is 22.6.